The van der Waals surface area contributed by atoms with Crippen molar-refractivity contribution in [1.29, 1.82) is 5.41 Å². The molecule has 0 saturated heterocycles. The van der Waals surface area contributed by atoms with Crippen molar-refractivity contribution in [1.82, 2.24) is 19.5 Å². The second-order valence-corrected chi connectivity index (χ2v) is 4.19. The molecule has 1 aromatic carbocycles. The van der Waals surface area contributed by atoms with Crippen LogP contribution in [0.1, 0.15) is 11.3 Å². The number of aryl methyl sites for hydroxylation is 1. The molecule has 0 spiro atoms. The minimum atomic E-state index is 0.232. The van der Waals surface area contributed by atoms with E-state index in [0.717, 1.165) is 22.4 Å². The number of H-pyrrole nitrogens is 1. The Hall–Kier alpha value is -2.43. The van der Waals surface area contributed by atoms with Gasteiger partial charge < -0.3 is 4.98 Å². The van der Waals surface area contributed by atoms with Crippen molar-refractivity contribution >= 4 is 11.2 Å². The third-order valence-electron chi connectivity index (χ3n) is 2.95. The van der Waals surface area contributed by atoms with Gasteiger partial charge in [-0.15, -0.1) is 0 Å². The minimum absolute atomic E-state index is 0.232. The fourth-order valence-electron chi connectivity index (χ4n) is 2.05. The normalized spacial score (nSPS) is 10.9. The molecular weight excluding hydrogens is 226 g/mol. The van der Waals surface area contributed by atoms with Crippen LogP contribution >= 0.6 is 0 Å². The van der Waals surface area contributed by atoms with E-state index < -0.39 is 0 Å². The van der Waals surface area contributed by atoms with E-state index in [2.05, 4.69) is 15.0 Å². The fraction of sp³-hybridized carbons (Fsp3) is 0.154. The number of benzene rings is 1. The molecule has 0 fully saturated rings. The second kappa shape index (κ2) is 4.10. The number of nitrogens with one attached hydrogen (secondary N) is 2. The van der Waals surface area contributed by atoms with Crippen LogP contribution in [0.3, 0.4) is 0 Å². The first-order valence-corrected chi connectivity index (χ1v) is 5.75. The lowest BCUT2D eigenvalue weighted by Gasteiger charge is -2.08. The SMILES string of the molecule is Cc1nc(=N)n(Cc2ccccc2)c2nc[nH]c12. The van der Waals surface area contributed by atoms with Gasteiger partial charge >= 0.3 is 0 Å². The number of nitrogens with zero attached hydrogens (tertiary/aromatic N) is 3. The van der Waals surface area contributed by atoms with Gasteiger partial charge in [0, 0.05) is 0 Å². The van der Waals surface area contributed by atoms with E-state index in [0.29, 0.717) is 6.54 Å². The topological polar surface area (TPSA) is 70.3 Å². The summed E-state index contributed by atoms with van der Waals surface area (Å²) in [5.74, 6) is 0. The van der Waals surface area contributed by atoms with Crippen LogP contribution in [-0.2, 0) is 6.54 Å². The molecular formula is C13H13N5. The lowest BCUT2D eigenvalue weighted by Crippen LogP contribution is -2.25. The van der Waals surface area contributed by atoms with Crippen LogP contribution < -0.4 is 5.62 Å². The van der Waals surface area contributed by atoms with Gasteiger partial charge in [-0.2, -0.15) is 0 Å². The molecule has 5 nitrogen and oxygen atoms in total. The zero-order chi connectivity index (χ0) is 12.5. The lowest BCUT2D eigenvalue weighted by atomic mass is 10.2. The van der Waals surface area contributed by atoms with Crippen LogP contribution in [0.25, 0.3) is 11.2 Å². The van der Waals surface area contributed by atoms with Gasteiger partial charge in [-0.05, 0) is 12.5 Å². The number of aromatic amines is 1. The standard InChI is InChI=1S/C13H13N5/c1-9-11-12(16-8-15-11)18(13(14)17-9)7-10-5-3-2-4-6-10/h2-6,8,14H,7H2,1H3,(H,15,16). The molecule has 90 valence electrons. The van der Waals surface area contributed by atoms with Crippen molar-refractivity contribution in [2.75, 3.05) is 0 Å². The van der Waals surface area contributed by atoms with E-state index in [4.69, 9.17) is 5.41 Å². The van der Waals surface area contributed by atoms with Crippen LogP contribution in [0.15, 0.2) is 36.7 Å². The van der Waals surface area contributed by atoms with Gasteiger partial charge in [0.15, 0.2) is 5.65 Å². The molecule has 3 aromatic rings. The summed E-state index contributed by atoms with van der Waals surface area (Å²) in [6.45, 7) is 2.49. The summed E-state index contributed by atoms with van der Waals surface area (Å²) in [4.78, 5) is 11.6. The highest BCUT2D eigenvalue weighted by Gasteiger charge is 2.08. The Morgan fingerprint density at radius 3 is 2.83 bits per heavy atom. The average Bonchev–Trinajstić information content (AvgIpc) is 2.85. The molecule has 0 aliphatic carbocycles. The van der Waals surface area contributed by atoms with Crippen molar-refractivity contribution in [2.24, 2.45) is 0 Å². The Morgan fingerprint density at radius 1 is 1.28 bits per heavy atom. The van der Waals surface area contributed by atoms with Gasteiger partial charge in [0.05, 0.1) is 18.6 Å². The van der Waals surface area contributed by atoms with E-state index in [1.807, 2.05) is 37.3 Å². The van der Waals surface area contributed by atoms with Gasteiger partial charge in [0.2, 0.25) is 5.62 Å². The summed E-state index contributed by atoms with van der Waals surface area (Å²) in [7, 11) is 0. The molecule has 0 unspecified atom stereocenters. The highest BCUT2D eigenvalue weighted by atomic mass is 15.1. The van der Waals surface area contributed by atoms with Crippen LogP contribution in [0.2, 0.25) is 0 Å². The summed E-state index contributed by atoms with van der Waals surface area (Å²) in [6.07, 6.45) is 1.64. The maximum absolute atomic E-state index is 7.98. The van der Waals surface area contributed by atoms with Crippen molar-refractivity contribution in [2.45, 2.75) is 13.5 Å². The van der Waals surface area contributed by atoms with Gasteiger partial charge in [-0.25, -0.2) is 9.97 Å². The number of hydrogen-bond acceptors (Lipinski definition) is 3. The van der Waals surface area contributed by atoms with Crippen molar-refractivity contribution in [3.05, 3.63) is 53.5 Å². The third-order valence-corrected chi connectivity index (χ3v) is 2.95. The quantitative estimate of drug-likeness (QED) is 0.713. The first-order chi connectivity index (χ1) is 8.75. The van der Waals surface area contributed by atoms with E-state index in [-0.39, 0.29) is 5.62 Å². The molecule has 2 aromatic heterocycles. The maximum atomic E-state index is 7.98. The summed E-state index contributed by atoms with van der Waals surface area (Å²) < 4.78 is 1.80. The second-order valence-electron chi connectivity index (χ2n) is 4.19. The highest BCUT2D eigenvalue weighted by Crippen LogP contribution is 2.11. The smallest absolute Gasteiger partial charge is 0.224 e. The molecule has 0 radical (unpaired) electrons. The Bertz CT molecular complexity index is 739. The Kier molecular flexibility index (Phi) is 2.44. The van der Waals surface area contributed by atoms with E-state index >= 15 is 0 Å². The largest absolute Gasteiger partial charge is 0.342 e. The predicted molar refractivity (Wildman–Crippen MR) is 68.0 cm³/mol. The molecule has 0 aliphatic rings. The fourth-order valence-corrected chi connectivity index (χ4v) is 2.05. The molecule has 5 heteroatoms. The molecule has 18 heavy (non-hydrogen) atoms. The van der Waals surface area contributed by atoms with Crippen LogP contribution in [-0.4, -0.2) is 19.5 Å². The summed E-state index contributed by atoms with van der Waals surface area (Å²) in [5, 5.41) is 7.98. The number of imidazole rings is 1. The lowest BCUT2D eigenvalue weighted by molar-refractivity contribution is 0.713. The van der Waals surface area contributed by atoms with Gasteiger partial charge in [0.25, 0.3) is 0 Å². The van der Waals surface area contributed by atoms with Crippen LogP contribution in [0.4, 0.5) is 0 Å². The van der Waals surface area contributed by atoms with Crippen molar-refractivity contribution < 1.29 is 0 Å². The van der Waals surface area contributed by atoms with E-state index in [9.17, 15) is 0 Å². The van der Waals surface area contributed by atoms with E-state index in [1.54, 1.807) is 10.9 Å². The van der Waals surface area contributed by atoms with Gasteiger partial charge in [-0.3, -0.25) is 9.98 Å². The number of rotatable bonds is 2. The zero-order valence-electron chi connectivity index (χ0n) is 10.0. The minimum Gasteiger partial charge on any atom is -0.342 e. The zero-order valence-corrected chi connectivity index (χ0v) is 10.0. The van der Waals surface area contributed by atoms with Crippen LogP contribution in [0, 0.1) is 12.3 Å². The van der Waals surface area contributed by atoms with Crippen molar-refractivity contribution in [3.63, 3.8) is 0 Å². The molecule has 0 bridgehead atoms. The van der Waals surface area contributed by atoms with Crippen molar-refractivity contribution in [3.8, 4) is 0 Å². The predicted octanol–water partition coefficient (Wildman–Crippen LogP) is 1.60. The molecule has 0 aliphatic heterocycles. The molecule has 0 amide bonds. The average molecular weight is 239 g/mol. The first-order valence-electron chi connectivity index (χ1n) is 5.75. The van der Waals surface area contributed by atoms with Gasteiger partial charge in [-0.1, -0.05) is 30.3 Å². The molecule has 2 heterocycles. The third kappa shape index (κ3) is 1.69. The Labute approximate surface area is 104 Å². The Morgan fingerprint density at radius 2 is 2.06 bits per heavy atom. The number of fused-ring (bicyclic) bond motifs is 1. The summed E-state index contributed by atoms with van der Waals surface area (Å²) >= 11 is 0. The van der Waals surface area contributed by atoms with E-state index in [1.165, 1.54) is 0 Å². The maximum Gasteiger partial charge on any atom is 0.224 e. The molecule has 0 saturated carbocycles. The number of aromatic nitrogens is 4. The molecule has 2 N–H and O–H groups in total. The number of hydrogen-bond donors (Lipinski definition) is 2. The van der Waals surface area contributed by atoms with Gasteiger partial charge in [0.1, 0.15) is 5.52 Å². The van der Waals surface area contributed by atoms with Crippen LogP contribution in [0.5, 0.6) is 0 Å². The molecule has 0 atom stereocenters. The molecule has 3 rings (SSSR count). The monoisotopic (exact) mass is 239 g/mol. The first kappa shape index (κ1) is 10.7. The Balaban J connectivity index is 2.17. The summed E-state index contributed by atoms with van der Waals surface area (Å²) in [5.41, 5.74) is 3.83. The highest BCUT2D eigenvalue weighted by molar-refractivity contribution is 5.72. The summed E-state index contributed by atoms with van der Waals surface area (Å²) in [6, 6.07) is 10.0.